The van der Waals surface area contributed by atoms with E-state index in [0.29, 0.717) is 37.1 Å². The summed E-state index contributed by atoms with van der Waals surface area (Å²) in [5, 5.41) is 23.5. The number of aryl methyl sites for hydroxylation is 1. The maximum Gasteiger partial charge on any atom is 0.342 e. The summed E-state index contributed by atoms with van der Waals surface area (Å²) in [5.41, 5.74) is 2.79. The van der Waals surface area contributed by atoms with Crippen LogP contribution in [0.2, 0.25) is 0 Å². The van der Waals surface area contributed by atoms with Crippen molar-refractivity contribution in [3.63, 3.8) is 0 Å². The molecule has 2 heterocycles. The SMILES string of the molecule is CC1(CCCCCC(=O)OO)/C(=C/C=C/C=C/c2sc3ccccc3[n+]2CCCS(=O)(=O)[O-])N(CCCS(=O)(=O)[O-])c2ccc(SOO[O-])cc21. The van der Waals surface area contributed by atoms with Gasteiger partial charge in [-0.05, 0) is 62.1 Å². The molecular formula is C33H38N2O12S4-2. The maximum absolute atomic E-state index is 11.5. The van der Waals surface area contributed by atoms with E-state index in [0.717, 1.165) is 44.2 Å². The lowest BCUT2D eigenvalue weighted by molar-refractivity contribution is -0.777. The Labute approximate surface area is 305 Å². The third-order valence-electron chi connectivity index (χ3n) is 8.43. The van der Waals surface area contributed by atoms with Crippen molar-refractivity contribution in [3.05, 3.63) is 83.0 Å². The molecule has 14 nitrogen and oxygen atoms in total. The molecule has 4 rings (SSSR count). The summed E-state index contributed by atoms with van der Waals surface area (Å²) in [6.45, 7) is 2.61. The Morgan fingerprint density at radius 1 is 1.00 bits per heavy atom. The number of thiazole rings is 1. The third kappa shape index (κ3) is 11.7. The summed E-state index contributed by atoms with van der Waals surface area (Å²) in [4.78, 5) is 17.7. The van der Waals surface area contributed by atoms with Gasteiger partial charge in [0.2, 0.25) is 5.52 Å². The normalized spacial score (nSPS) is 17.4. The van der Waals surface area contributed by atoms with Gasteiger partial charge in [0.05, 0.1) is 32.3 Å². The van der Waals surface area contributed by atoms with E-state index in [1.54, 1.807) is 6.07 Å². The minimum absolute atomic E-state index is 0.0578. The van der Waals surface area contributed by atoms with Crippen molar-refractivity contribution in [2.75, 3.05) is 23.0 Å². The fourth-order valence-corrected chi connectivity index (χ4v) is 8.63. The van der Waals surface area contributed by atoms with Gasteiger partial charge < -0.3 is 24.2 Å². The van der Waals surface area contributed by atoms with Crippen LogP contribution in [0.5, 0.6) is 0 Å². The molecule has 278 valence electrons. The predicted molar refractivity (Wildman–Crippen MR) is 188 cm³/mol. The van der Waals surface area contributed by atoms with Gasteiger partial charge in [0.15, 0.2) is 6.54 Å². The van der Waals surface area contributed by atoms with E-state index in [4.69, 9.17) is 5.26 Å². The Morgan fingerprint density at radius 3 is 2.47 bits per heavy atom. The molecule has 1 atom stereocenters. The van der Waals surface area contributed by atoms with Crippen LogP contribution in [0.3, 0.4) is 0 Å². The predicted octanol–water partition coefficient (Wildman–Crippen LogP) is 4.49. The Morgan fingerprint density at radius 2 is 1.75 bits per heavy atom. The van der Waals surface area contributed by atoms with Crippen molar-refractivity contribution in [1.82, 2.24) is 0 Å². The molecule has 1 aromatic heterocycles. The zero-order valence-corrected chi connectivity index (χ0v) is 30.9. The van der Waals surface area contributed by atoms with Crippen molar-refractivity contribution in [3.8, 4) is 0 Å². The second-order valence-corrected chi connectivity index (χ2v) is 16.9. The molecule has 1 aliphatic heterocycles. The second-order valence-electron chi connectivity index (χ2n) is 12.0. The number of unbranched alkanes of at least 4 members (excludes halogenated alkanes) is 2. The van der Waals surface area contributed by atoms with Gasteiger partial charge in [-0.3, -0.25) is 5.04 Å². The summed E-state index contributed by atoms with van der Waals surface area (Å²) in [6, 6.07) is 13.1. The molecule has 2 aromatic carbocycles. The quantitative estimate of drug-likeness (QED) is 0.0319. The highest BCUT2D eigenvalue weighted by molar-refractivity contribution is 7.94. The number of carbonyl (C=O) groups is 1. The number of carbonyl (C=O) groups excluding carboxylic acids is 1. The van der Waals surface area contributed by atoms with Gasteiger partial charge in [0, 0.05) is 64.7 Å². The first-order valence-electron chi connectivity index (χ1n) is 16.0. The van der Waals surface area contributed by atoms with E-state index >= 15 is 0 Å². The molecule has 0 aliphatic carbocycles. The van der Waals surface area contributed by atoms with Crippen LogP contribution in [-0.2, 0) is 51.3 Å². The van der Waals surface area contributed by atoms with Gasteiger partial charge in [-0.15, -0.1) is 0 Å². The number of anilines is 1. The van der Waals surface area contributed by atoms with E-state index in [2.05, 4.69) is 14.3 Å². The van der Waals surface area contributed by atoms with Crippen molar-refractivity contribution in [2.24, 2.45) is 0 Å². The highest BCUT2D eigenvalue weighted by Gasteiger charge is 2.43. The Hall–Kier alpha value is -3.17. The van der Waals surface area contributed by atoms with Crippen LogP contribution in [0.1, 0.15) is 62.4 Å². The number of hydrogen-bond acceptors (Lipinski definition) is 15. The fraction of sp³-hybridized carbons (Fsp3) is 0.394. The summed E-state index contributed by atoms with van der Waals surface area (Å²) >= 11 is 2.27. The summed E-state index contributed by atoms with van der Waals surface area (Å²) in [6.07, 6.45) is 12.1. The largest absolute Gasteiger partial charge is 0.748 e. The first-order valence-corrected chi connectivity index (χ1v) is 20.7. The van der Waals surface area contributed by atoms with Crippen LogP contribution in [0.15, 0.2) is 77.4 Å². The van der Waals surface area contributed by atoms with Crippen LogP contribution in [0.25, 0.3) is 16.3 Å². The molecule has 18 heteroatoms. The highest BCUT2D eigenvalue weighted by atomic mass is 32.2. The van der Waals surface area contributed by atoms with Crippen LogP contribution in [0, 0.1) is 0 Å². The number of rotatable bonds is 20. The number of fused-ring (bicyclic) bond motifs is 2. The number of hydrogen-bond donors (Lipinski definition) is 1. The van der Waals surface area contributed by atoms with Crippen molar-refractivity contribution >= 4 is 71.6 Å². The van der Waals surface area contributed by atoms with Crippen LogP contribution < -0.4 is 14.7 Å². The molecule has 51 heavy (non-hydrogen) atoms. The van der Waals surface area contributed by atoms with Crippen molar-refractivity contribution in [1.29, 1.82) is 0 Å². The topological polar surface area (TPSA) is 210 Å². The smallest absolute Gasteiger partial charge is 0.342 e. The standard InChI is InChI=1S/C33H40N2O12S4/c1-33(19-9-3-6-16-32(36)45-37)26-24-25(49-47-46-38)17-18-27(26)34(20-10-22-50(39,40)41)30(33)14-4-2-5-15-31-35(21-11-23-51(42,43)44)28-12-7-8-13-29(28)48-31/h2,4-5,7-8,12-15,17-18,24H,3,6,9-11,16,19-23H2,1H3,(H3-,37,38,39,40,41,42,43,44)/p-2. The Kier molecular flexibility index (Phi) is 14.8. The van der Waals surface area contributed by atoms with Gasteiger partial charge in [-0.1, -0.05) is 54.5 Å². The molecule has 0 radical (unpaired) electrons. The molecule has 3 aromatic rings. The average Bonchev–Trinajstić information content (AvgIpc) is 3.53. The number of allylic oxidation sites excluding steroid dienone is 5. The molecule has 0 amide bonds. The lowest BCUT2D eigenvalue weighted by atomic mass is 9.77. The zero-order chi connectivity index (χ0) is 37.1. The fourth-order valence-electron chi connectivity index (χ4n) is 6.17. The number of para-hydroxylation sites is 1. The molecular weight excluding hydrogens is 745 g/mol. The minimum Gasteiger partial charge on any atom is -0.748 e. The van der Waals surface area contributed by atoms with Crippen LogP contribution in [-0.4, -0.2) is 55.2 Å². The zero-order valence-electron chi connectivity index (χ0n) is 27.7. The van der Waals surface area contributed by atoms with E-state index < -0.39 is 43.1 Å². The summed E-state index contributed by atoms with van der Waals surface area (Å²) < 4.78 is 75.5. The molecule has 1 N–H and O–H groups in total. The van der Waals surface area contributed by atoms with Crippen molar-refractivity contribution < 1.29 is 60.1 Å². The molecule has 1 aliphatic rings. The van der Waals surface area contributed by atoms with E-state index in [9.17, 15) is 36.0 Å². The Bertz CT molecular complexity index is 1980. The lowest BCUT2D eigenvalue weighted by Gasteiger charge is -2.30. The average molecular weight is 783 g/mol. The van der Waals surface area contributed by atoms with Crippen molar-refractivity contribution in [2.45, 2.75) is 68.7 Å². The molecule has 0 saturated carbocycles. The lowest BCUT2D eigenvalue weighted by Crippen LogP contribution is -2.35. The van der Waals surface area contributed by atoms with Gasteiger partial charge in [0.25, 0.3) is 5.01 Å². The van der Waals surface area contributed by atoms with E-state index in [-0.39, 0.29) is 25.8 Å². The number of nitrogens with zero attached hydrogens (tertiary/aromatic N) is 2. The van der Waals surface area contributed by atoms with E-state index in [1.165, 1.54) is 11.3 Å². The highest BCUT2D eigenvalue weighted by Crippen LogP contribution is 2.51. The van der Waals surface area contributed by atoms with Gasteiger partial charge >= 0.3 is 5.97 Å². The molecule has 0 spiro atoms. The van der Waals surface area contributed by atoms with Crippen LogP contribution in [0.4, 0.5) is 5.69 Å². The summed E-state index contributed by atoms with van der Waals surface area (Å²) in [5.74, 6) is -1.72. The van der Waals surface area contributed by atoms with Crippen LogP contribution >= 0.6 is 23.4 Å². The number of aromatic nitrogens is 1. The molecule has 0 fully saturated rings. The van der Waals surface area contributed by atoms with Gasteiger partial charge in [-0.2, -0.15) is 14.2 Å². The van der Waals surface area contributed by atoms with Gasteiger partial charge in [-0.25, -0.2) is 21.6 Å². The maximum atomic E-state index is 11.5. The van der Waals surface area contributed by atoms with E-state index in [1.807, 2.05) is 83.2 Å². The first-order chi connectivity index (χ1) is 24.3. The molecule has 0 bridgehead atoms. The monoisotopic (exact) mass is 782 g/mol. The van der Waals surface area contributed by atoms with Gasteiger partial charge in [0.1, 0.15) is 4.70 Å². The minimum atomic E-state index is -4.45. The second kappa shape index (κ2) is 18.5. The number of benzene rings is 2. The summed E-state index contributed by atoms with van der Waals surface area (Å²) in [7, 11) is -8.79. The molecule has 0 saturated heterocycles. The third-order valence-corrected chi connectivity index (χ3v) is 11.7. The molecule has 1 unspecified atom stereocenters. The first kappa shape index (κ1) is 40.6. The Balaban J connectivity index is 1.66.